The van der Waals surface area contributed by atoms with E-state index in [2.05, 4.69) is 10.7 Å². The lowest BCUT2D eigenvalue weighted by Crippen LogP contribution is -2.16. The normalized spacial score (nSPS) is 13.9. The minimum Gasteiger partial charge on any atom is -0.478 e. The highest BCUT2D eigenvalue weighted by atomic mass is 32.1. The highest BCUT2D eigenvalue weighted by Gasteiger charge is 2.22. The van der Waals surface area contributed by atoms with Gasteiger partial charge in [-0.25, -0.2) is 9.78 Å². The topological polar surface area (TPSA) is 79.3 Å². The zero-order valence-corrected chi connectivity index (χ0v) is 17.2. The molecule has 1 heterocycles. The summed E-state index contributed by atoms with van der Waals surface area (Å²) in [6.07, 6.45) is 7.77. The fraction of sp³-hybridized carbons (Fsp3) is 0.208. The Morgan fingerprint density at radius 1 is 1.13 bits per heavy atom. The lowest BCUT2D eigenvalue weighted by Gasteiger charge is -2.22. The van der Waals surface area contributed by atoms with Gasteiger partial charge in [0.05, 0.1) is 22.7 Å². The van der Waals surface area contributed by atoms with Crippen LogP contribution in [0.3, 0.4) is 0 Å². The van der Waals surface area contributed by atoms with Crippen molar-refractivity contribution in [3.8, 4) is 0 Å². The quantitative estimate of drug-likeness (QED) is 0.534. The molecule has 0 radical (unpaired) electrons. The summed E-state index contributed by atoms with van der Waals surface area (Å²) in [6.45, 7) is 0. The van der Waals surface area contributed by atoms with E-state index in [1.54, 1.807) is 29.5 Å². The van der Waals surface area contributed by atoms with Gasteiger partial charge in [0.2, 0.25) is 5.91 Å². The van der Waals surface area contributed by atoms with E-state index in [0.29, 0.717) is 17.2 Å². The first-order valence-corrected chi connectivity index (χ1v) is 10.8. The second-order valence-electron chi connectivity index (χ2n) is 7.38. The molecule has 0 unspecified atom stereocenters. The first kappa shape index (κ1) is 20.0. The Morgan fingerprint density at radius 2 is 1.97 bits per heavy atom. The second kappa shape index (κ2) is 9.05. The maximum Gasteiger partial charge on any atom is 0.335 e. The maximum absolute atomic E-state index is 12.4. The molecule has 2 N–H and O–H groups in total. The van der Waals surface area contributed by atoms with Crippen molar-refractivity contribution in [1.29, 1.82) is 0 Å². The van der Waals surface area contributed by atoms with Gasteiger partial charge in [0.15, 0.2) is 0 Å². The fourth-order valence-corrected chi connectivity index (χ4v) is 4.34. The van der Waals surface area contributed by atoms with Crippen molar-refractivity contribution >= 4 is 41.1 Å². The molecule has 1 fully saturated rings. The van der Waals surface area contributed by atoms with Gasteiger partial charge in [0.25, 0.3) is 0 Å². The van der Waals surface area contributed by atoms with Crippen LogP contribution in [0, 0.1) is 0 Å². The van der Waals surface area contributed by atoms with Crippen molar-refractivity contribution < 1.29 is 14.7 Å². The zero-order valence-electron chi connectivity index (χ0n) is 16.4. The van der Waals surface area contributed by atoms with Crippen molar-refractivity contribution in [3.63, 3.8) is 0 Å². The van der Waals surface area contributed by atoms with Crippen molar-refractivity contribution in [1.82, 2.24) is 4.98 Å². The molecule has 2 aromatic carbocycles. The first-order chi connectivity index (χ1) is 14.6. The molecule has 5 nitrogen and oxygen atoms in total. The van der Waals surface area contributed by atoms with Crippen LogP contribution >= 0.6 is 11.3 Å². The molecule has 1 aliphatic rings. The highest BCUT2D eigenvalue weighted by molar-refractivity contribution is 7.09. The molecule has 0 bridgehead atoms. The Hall–Kier alpha value is -3.25. The number of carbonyl (C=O) groups is 2. The number of nitrogens with zero attached hydrogens (tertiary/aromatic N) is 1. The van der Waals surface area contributed by atoms with Crippen LogP contribution in [0.15, 0.2) is 53.9 Å². The predicted octanol–water partition coefficient (Wildman–Crippen LogP) is 5.46. The third-order valence-electron chi connectivity index (χ3n) is 5.21. The monoisotopic (exact) mass is 418 g/mol. The van der Waals surface area contributed by atoms with Crippen LogP contribution in [0.4, 0.5) is 5.69 Å². The molecular formula is C24H22N2O3S. The number of anilines is 1. The van der Waals surface area contributed by atoms with Gasteiger partial charge in [-0.05, 0) is 48.2 Å². The van der Waals surface area contributed by atoms with E-state index in [1.165, 1.54) is 30.3 Å². The third-order valence-corrected chi connectivity index (χ3v) is 6.24. The van der Waals surface area contributed by atoms with Crippen molar-refractivity contribution in [2.24, 2.45) is 0 Å². The van der Waals surface area contributed by atoms with E-state index in [0.717, 1.165) is 11.3 Å². The largest absolute Gasteiger partial charge is 0.478 e. The van der Waals surface area contributed by atoms with Gasteiger partial charge in [-0.1, -0.05) is 42.8 Å². The molecule has 4 rings (SSSR count). The van der Waals surface area contributed by atoms with E-state index in [-0.39, 0.29) is 17.9 Å². The minimum atomic E-state index is -1.03. The zero-order chi connectivity index (χ0) is 20.9. The number of aromatic nitrogens is 1. The molecule has 0 aliphatic heterocycles. The summed E-state index contributed by atoms with van der Waals surface area (Å²) < 4.78 is 0. The molecule has 0 saturated heterocycles. The Morgan fingerprint density at radius 3 is 2.73 bits per heavy atom. The summed E-state index contributed by atoms with van der Waals surface area (Å²) in [6, 6.07) is 14.1. The molecular weight excluding hydrogens is 396 g/mol. The summed E-state index contributed by atoms with van der Waals surface area (Å²) in [5.41, 5.74) is 3.22. The molecule has 1 saturated carbocycles. The number of carboxylic acids is 1. The molecule has 6 heteroatoms. The molecule has 3 aromatic rings. The maximum atomic E-state index is 12.4. The molecule has 1 amide bonds. The molecule has 30 heavy (non-hydrogen) atoms. The molecule has 152 valence electrons. The van der Waals surface area contributed by atoms with Crippen LogP contribution in [0.5, 0.6) is 0 Å². The average Bonchev–Trinajstić information content (AvgIpc) is 3.14. The molecule has 1 aromatic heterocycles. The first-order valence-electron chi connectivity index (χ1n) is 9.93. The van der Waals surface area contributed by atoms with E-state index >= 15 is 0 Å². The fourth-order valence-electron chi connectivity index (χ4n) is 3.38. The third kappa shape index (κ3) is 4.83. The van der Waals surface area contributed by atoms with E-state index < -0.39 is 5.97 Å². The van der Waals surface area contributed by atoms with Crippen LogP contribution in [0.2, 0.25) is 0 Å². The Kier molecular flexibility index (Phi) is 6.05. The summed E-state index contributed by atoms with van der Waals surface area (Å²) in [5.74, 6) is -0.649. The summed E-state index contributed by atoms with van der Waals surface area (Å²) in [4.78, 5) is 28.4. The van der Waals surface area contributed by atoms with Crippen molar-refractivity contribution in [3.05, 3.63) is 81.3 Å². The van der Waals surface area contributed by atoms with E-state index in [9.17, 15) is 14.7 Å². The van der Waals surface area contributed by atoms with Crippen LogP contribution in [-0.4, -0.2) is 22.0 Å². The highest BCUT2D eigenvalue weighted by Crippen LogP contribution is 2.37. The molecule has 0 atom stereocenters. The number of hydrogen-bond acceptors (Lipinski definition) is 4. The Labute approximate surface area is 179 Å². The van der Waals surface area contributed by atoms with Gasteiger partial charge in [-0.2, -0.15) is 0 Å². The number of carbonyl (C=O) groups excluding carboxylic acids is 1. The summed E-state index contributed by atoms with van der Waals surface area (Å²) >= 11 is 1.72. The number of rotatable bonds is 7. The van der Waals surface area contributed by atoms with Gasteiger partial charge in [0, 0.05) is 17.0 Å². The number of aromatic carboxylic acids is 1. The number of hydrogen-bond donors (Lipinski definition) is 2. The summed E-state index contributed by atoms with van der Waals surface area (Å²) in [7, 11) is 0. The van der Waals surface area contributed by atoms with Crippen molar-refractivity contribution in [2.45, 2.75) is 31.6 Å². The van der Waals surface area contributed by atoms with Gasteiger partial charge >= 0.3 is 5.97 Å². The number of nitrogens with one attached hydrogen (secondary N) is 1. The lowest BCUT2D eigenvalue weighted by atomic mass is 9.86. The average molecular weight is 419 g/mol. The SMILES string of the molecule is O=C(Cc1ccccc1C(=O)O)Nc1cccc(/C=C/c2csc(C3CCC3)n2)c1. The Balaban J connectivity index is 1.40. The van der Waals surface area contributed by atoms with Gasteiger partial charge in [0.1, 0.15) is 0 Å². The smallest absolute Gasteiger partial charge is 0.335 e. The van der Waals surface area contributed by atoms with Crippen LogP contribution in [-0.2, 0) is 11.2 Å². The van der Waals surface area contributed by atoms with Gasteiger partial charge < -0.3 is 10.4 Å². The molecule has 0 spiro atoms. The predicted molar refractivity (Wildman–Crippen MR) is 120 cm³/mol. The number of benzene rings is 2. The Bertz CT molecular complexity index is 1100. The lowest BCUT2D eigenvalue weighted by molar-refractivity contribution is -0.115. The van der Waals surface area contributed by atoms with E-state index in [1.807, 2.05) is 36.4 Å². The van der Waals surface area contributed by atoms with Crippen LogP contribution in [0.1, 0.15) is 57.4 Å². The van der Waals surface area contributed by atoms with Crippen LogP contribution in [0.25, 0.3) is 12.2 Å². The number of amides is 1. The molecule has 1 aliphatic carbocycles. The summed E-state index contributed by atoms with van der Waals surface area (Å²) in [5, 5.41) is 15.4. The number of thiazole rings is 1. The van der Waals surface area contributed by atoms with Crippen LogP contribution < -0.4 is 5.32 Å². The van der Waals surface area contributed by atoms with E-state index in [4.69, 9.17) is 4.98 Å². The number of carboxylic acid groups (broad SMARTS) is 1. The van der Waals surface area contributed by atoms with Gasteiger partial charge in [-0.3, -0.25) is 4.79 Å². The van der Waals surface area contributed by atoms with Gasteiger partial charge in [-0.15, -0.1) is 11.3 Å². The minimum absolute atomic E-state index is 0.00527. The van der Waals surface area contributed by atoms with Crippen molar-refractivity contribution in [2.75, 3.05) is 5.32 Å². The standard InChI is InChI=1S/C24H22N2O3S/c27-22(14-18-6-1-2-10-21(18)24(28)29)25-19-9-3-5-16(13-19)11-12-20-15-30-23(26-20)17-7-4-8-17/h1-3,5-6,9-13,15,17H,4,7-8,14H2,(H,25,27)(H,28,29)/b12-11+. The second-order valence-corrected chi connectivity index (χ2v) is 8.27.